The molecule has 1 atom stereocenters. The molecule has 0 radical (unpaired) electrons. The highest BCUT2D eigenvalue weighted by Gasteiger charge is 2.22. The number of nitrogen functional groups attached to an aromatic ring is 1. The van der Waals surface area contributed by atoms with Crippen molar-refractivity contribution in [3.8, 4) is 0 Å². The molecule has 0 aromatic heterocycles. The summed E-state index contributed by atoms with van der Waals surface area (Å²) < 4.78 is 18.6. The van der Waals surface area contributed by atoms with E-state index in [-0.39, 0.29) is 17.8 Å². The van der Waals surface area contributed by atoms with Crippen LogP contribution >= 0.6 is 0 Å². The second-order valence-corrected chi connectivity index (χ2v) is 4.52. The average molecular weight is 251 g/mol. The number of hydrogen-bond donors (Lipinski definition) is 2. The van der Waals surface area contributed by atoms with E-state index in [0.29, 0.717) is 5.56 Å². The molecule has 1 fully saturated rings. The van der Waals surface area contributed by atoms with Gasteiger partial charge in [0.15, 0.2) is 0 Å². The van der Waals surface area contributed by atoms with Crippen molar-refractivity contribution in [3.63, 3.8) is 0 Å². The van der Waals surface area contributed by atoms with E-state index in [1.807, 2.05) is 0 Å². The Morgan fingerprint density at radius 1 is 1.56 bits per heavy atom. The van der Waals surface area contributed by atoms with E-state index >= 15 is 0 Å². The summed E-state index contributed by atoms with van der Waals surface area (Å²) in [5, 5.41) is 7.54. The number of methoxy groups -OCH3 is 1. The SMILES string of the molecule is COC1CCCN(c2ccc(F)cc2C(=N)N)C1. The molecule has 1 aliphatic rings. The Morgan fingerprint density at radius 2 is 2.33 bits per heavy atom. The first-order valence-corrected chi connectivity index (χ1v) is 6.03. The van der Waals surface area contributed by atoms with E-state index in [0.717, 1.165) is 31.6 Å². The summed E-state index contributed by atoms with van der Waals surface area (Å²) in [6.07, 6.45) is 2.24. The largest absolute Gasteiger partial charge is 0.384 e. The van der Waals surface area contributed by atoms with Crippen LogP contribution in [0, 0.1) is 11.2 Å². The molecule has 4 nitrogen and oxygen atoms in total. The molecule has 0 saturated carbocycles. The van der Waals surface area contributed by atoms with Crippen LogP contribution in [0.1, 0.15) is 18.4 Å². The summed E-state index contributed by atoms with van der Waals surface area (Å²) in [6, 6.07) is 4.40. The van der Waals surface area contributed by atoms with Crippen molar-refractivity contribution in [2.75, 3.05) is 25.1 Å². The third-order valence-corrected chi connectivity index (χ3v) is 3.30. The molecule has 1 aromatic rings. The minimum absolute atomic E-state index is 0.107. The van der Waals surface area contributed by atoms with Gasteiger partial charge < -0.3 is 15.4 Å². The molecule has 5 heteroatoms. The van der Waals surface area contributed by atoms with Crippen molar-refractivity contribution >= 4 is 11.5 Å². The second-order valence-electron chi connectivity index (χ2n) is 4.52. The minimum Gasteiger partial charge on any atom is -0.384 e. The molecule has 1 saturated heterocycles. The first kappa shape index (κ1) is 12.8. The fraction of sp³-hybridized carbons (Fsp3) is 0.462. The first-order chi connectivity index (χ1) is 8.61. The number of nitrogens with two attached hydrogens (primary N) is 1. The molecular formula is C13H18FN3O. The maximum Gasteiger partial charge on any atom is 0.125 e. The van der Waals surface area contributed by atoms with E-state index in [9.17, 15) is 4.39 Å². The summed E-state index contributed by atoms with van der Waals surface area (Å²) >= 11 is 0. The fourth-order valence-electron chi connectivity index (χ4n) is 2.35. The highest BCUT2D eigenvalue weighted by atomic mass is 19.1. The van der Waals surface area contributed by atoms with Gasteiger partial charge in [0.1, 0.15) is 11.7 Å². The number of benzene rings is 1. The van der Waals surface area contributed by atoms with Gasteiger partial charge in [-0.15, -0.1) is 0 Å². The Labute approximate surface area is 106 Å². The summed E-state index contributed by atoms with van der Waals surface area (Å²) in [5.41, 5.74) is 6.78. The predicted molar refractivity (Wildman–Crippen MR) is 69.7 cm³/mol. The van der Waals surface area contributed by atoms with Gasteiger partial charge in [-0.05, 0) is 31.0 Å². The zero-order valence-corrected chi connectivity index (χ0v) is 10.4. The van der Waals surface area contributed by atoms with E-state index < -0.39 is 0 Å². The van der Waals surface area contributed by atoms with Crippen LogP contribution in [0.3, 0.4) is 0 Å². The number of ether oxygens (including phenoxy) is 1. The number of nitrogens with one attached hydrogen (secondary N) is 1. The summed E-state index contributed by atoms with van der Waals surface area (Å²) in [4.78, 5) is 2.10. The van der Waals surface area contributed by atoms with Gasteiger partial charge in [0, 0.05) is 31.5 Å². The molecule has 3 N–H and O–H groups in total. The zero-order valence-electron chi connectivity index (χ0n) is 10.4. The van der Waals surface area contributed by atoms with Crippen molar-refractivity contribution in [1.29, 1.82) is 5.41 Å². The topological polar surface area (TPSA) is 62.3 Å². The van der Waals surface area contributed by atoms with Crippen LogP contribution in [0.25, 0.3) is 0 Å². The normalized spacial score (nSPS) is 19.9. The lowest BCUT2D eigenvalue weighted by atomic mass is 10.0. The predicted octanol–water partition coefficient (Wildman–Crippen LogP) is 1.72. The van der Waals surface area contributed by atoms with Gasteiger partial charge in [0.25, 0.3) is 0 Å². The molecule has 1 heterocycles. The number of rotatable bonds is 3. The molecule has 0 spiro atoms. The summed E-state index contributed by atoms with van der Waals surface area (Å²) in [6.45, 7) is 1.63. The van der Waals surface area contributed by atoms with Crippen LogP contribution in [0.5, 0.6) is 0 Å². The number of piperidine rings is 1. The van der Waals surface area contributed by atoms with Crippen LogP contribution in [-0.2, 0) is 4.74 Å². The zero-order chi connectivity index (χ0) is 13.1. The molecule has 0 aliphatic carbocycles. The smallest absolute Gasteiger partial charge is 0.125 e. The van der Waals surface area contributed by atoms with Crippen molar-refractivity contribution in [2.24, 2.45) is 5.73 Å². The van der Waals surface area contributed by atoms with Gasteiger partial charge in [-0.25, -0.2) is 4.39 Å². The van der Waals surface area contributed by atoms with Crippen LogP contribution < -0.4 is 10.6 Å². The highest BCUT2D eigenvalue weighted by molar-refractivity contribution is 6.00. The number of anilines is 1. The van der Waals surface area contributed by atoms with Crippen molar-refractivity contribution in [2.45, 2.75) is 18.9 Å². The number of halogens is 1. The van der Waals surface area contributed by atoms with Crippen LogP contribution in [0.15, 0.2) is 18.2 Å². The van der Waals surface area contributed by atoms with Crippen molar-refractivity contribution < 1.29 is 9.13 Å². The van der Waals surface area contributed by atoms with Gasteiger partial charge in [-0.3, -0.25) is 5.41 Å². The monoisotopic (exact) mass is 251 g/mol. The summed E-state index contributed by atoms with van der Waals surface area (Å²) in [5.74, 6) is -0.478. The molecule has 2 rings (SSSR count). The standard InChI is InChI=1S/C13H18FN3O/c1-18-10-3-2-6-17(8-10)12-5-4-9(14)7-11(12)13(15)16/h4-5,7,10H,2-3,6,8H2,1H3,(H3,15,16). The van der Waals surface area contributed by atoms with Gasteiger partial charge in [0.2, 0.25) is 0 Å². The van der Waals surface area contributed by atoms with Crippen molar-refractivity contribution in [1.82, 2.24) is 0 Å². The quantitative estimate of drug-likeness (QED) is 0.635. The van der Waals surface area contributed by atoms with Gasteiger partial charge in [0.05, 0.1) is 6.10 Å². The highest BCUT2D eigenvalue weighted by Crippen LogP contribution is 2.25. The van der Waals surface area contributed by atoms with E-state index in [1.54, 1.807) is 13.2 Å². The third kappa shape index (κ3) is 2.61. The van der Waals surface area contributed by atoms with E-state index in [4.69, 9.17) is 15.9 Å². The minimum atomic E-state index is -0.371. The van der Waals surface area contributed by atoms with E-state index in [1.165, 1.54) is 12.1 Å². The number of nitrogens with zero attached hydrogens (tertiary/aromatic N) is 1. The van der Waals surface area contributed by atoms with Crippen LogP contribution in [0.4, 0.5) is 10.1 Å². The fourth-order valence-corrected chi connectivity index (χ4v) is 2.35. The Bertz CT molecular complexity index is 450. The van der Waals surface area contributed by atoms with Crippen LogP contribution in [0.2, 0.25) is 0 Å². The maximum absolute atomic E-state index is 13.2. The van der Waals surface area contributed by atoms with Crippen LogP contribution in [-0.4, -0.2) is 32.1 Å². The van der Waals surface area contributed by atoms with E-state index in [2.05, 4.69) is 4.90 Å². The lowest BCUT2D eigenvalue weighted by molar-refractivity contribution is 0.0893. The lowest BCUT2D eigenvalue weighted by Gasteiger charge is -2.34. The van der Waals surface area contributed by atoms with Gasteiger partial charge in [-0.1, -0.05) is 0 Å². The molecule has 98 valence electrons. The Hall–Kier alpha value is -1.62. The molecule has 18 heavy (non-hydrogen) atoms. The van der Waals surface area contributed by atoms with Gasteiger partial charge in [-0.2, -0.15) is 0 Å². The molecular weight excluding hydrogens is 233 g/mol. The molecule has 1 aliphatic heterocycles. The Morgan fingerprint density at radius 3 is 3.00 bits per heavy atom. The summed E-state index contributed by atoms with van der Waals surface area (Å²) in [7, 11) is 1.70. The second kappa shape index (κ2) is 5.35. The van der Waals surface area contributed by atoms with Gasteiger partial charge >= 0.3 is 0 Å². The van der Waals surface area contributed by atoms with Crippen molar-refractivity contribution in [3.05, 3.63) is 29.6 Å². The Balaban J connectivity index is 2.29. The first-order valence-electron chi connectivity index (χ1n) is 6.03. The third-order valence-electron chi connectivity index (χ3n) is 3.30. The number of amidine groups is 1. The molecule has 1 unspecified atom stereocenters. The lowest BCUT2D eigenvalue weighted by Crippen LogP contribution is -2.40. The Kier molecular flexibility index (Phi) is 3.81. The molecule has 0 amide bonds. The number of hydrogen-bond acceptors (Lipinski definition) is 3. The average Bonchev–Trinajstić information content (AvgIpc) is 2.38. The molecule has 1 aromatic carbocycles. The maximum atomic E-state index is 13.2. The molecule has 0 bridgehead atoms.